The van der Waals surface area contributed by atoms with Crippen LogP contribution >= 0.6 is 11.8 Å². The Hall–Kier alpha value is -0.810. The summed E-state index contributed by atoms with van der Waals surface area (Å²) in [6.07, 6.45) is 3.58. The molecule has 17 heavy (non-hydrogen) atoms. The fourth-order valence-corrected chi connectivity index (χ4v) is 3.54. The average molecular weight is 253 g/mol. The molecule has 2 rings (SSSR count). The van der Waals surface area contributed by atoms with Crippen LogP contribution in [0, 0.1) is 6.92 Å². The van der Waals surface area contributed by atoms with Gasteiger partial charge in [-0.2, -0.15) is 0 Å². The summed E-state index contributed by atoms with van der Waals surface area (Å²) in [6, 6.07) is 2.16. The van der Waals surface area contributed by atoms with Gasteiger partial charge in [0.05, 0.1) is 0 Å². The Kier molecular flexibility index (Phi) is 4.23. The second-order valence-electron chi connectivity index (χ2n) is 4.50. The van der Waals surface area contributed by atoms with Crippen molar-refractivity contribution in [3.8, 4) is 0 Å². The van der Waals surface area contributed by atoms with Crippen molar-refractivity contribution in [2.45, 2.75) is 49.6 Å². The molecule has 0 bridgehead atoms. The number of thioether (sulfide) groups is 1. The van der Waals surface area contributed by atoms with Crippen LogP contribution in [0.4, 0.5) is 0 Å². The van der Waals surface area contributed by atoms with Crippen LogP contribution in [0.25, 0.3) is 0 Å². The number of hydrogen-bond donors (Lipinski definition) is 2. The van der Waals surface area contributed by atoms with Gasteiger partial charge in [-0.1, -0.05) is 18.7 Å². The second-order valence-corrected chi connectivity index (χ2v) is 5.79. The van der Waals surface area contributed by atoms with Gasteiger partial charge in [-0.3, -0.25) is 4.79 Å². The molecule has 1 fully saturated rings. The van der Waals surface area contributed by atoms with Crippen LogP contribution in [0.3, 0.4) is 0 Å². The Bertz CT molecular complexity index is 432. The van der Waals surface area contributed by atoms with Crippen molar-refractivity contribution in [1.82, 2.24) is 15.3 Å². The standard InChI is InChI=1S/C12H19N3OS/c1-3-13-9-4-5-10(7-9)17-12-14-8(2)6-11(16)15-12/h6,9-10,13H,3-5,7H2,1-2H3,(H,14,15,16). The Labute approximate surface area is 106 Å². The summed E-state index contributed by atoms with van der Waals surface area (Å²) in [5, 5.41) is 4.81. The number of rotatable bonds is 4. The molecule has 4 nitrogen and oxygen atoms in total. The van der Waals surface area contributed by atoms with E-state index in [0.29, 0.717) is 11.3 Å². The van der Waals surface area contributed by atoms with Gasteiger partial charge >= 0.3 is 0 Å². The number of hydrogen-bond acceptors (Lipinski definition) is 4. The molecule has 1 heterocycles. The van der Waals surface area contributed by atoms with E-state index in [1.165, 1.54) is 18.9 Å². The van der Waals surface area contributed by atoms with Gasteiger partial charge in [0.2, 0.25) is 0 Å². The number of nitrogens with one attached hydrogen (secondary N) is 2. The lowest BCUT2D eigenvalue weighted by Gasteiger charge is -2.11. The van der Waals surface area contributed by atoms with Crippen LogP contribution in [0.1, 0.15) is 31.9 Å². The van der Waals surface area contributed by atoms with Gasteiger partial charge in [-0.25, -0.2) is 4.98 Å². The Morgan fingerprint density at radius 2 is 2.41 bits per heavy atom. The first-order valence-electron chi connectivity index (χ1n) is 6.15. The van der Waals surface area contributed by atoms with Crippen molar-refractivity contribution in [1.29, 1.82) is 0 Å². The van der Waals surface area contributed by atoms with Crippen LogP contribution in [-0.2, 0) is 0 Å². The molecule has 0 radical (unpaired) electrons. The van der Waals surface area contributed by atoms with E-state index < -0.39 is 0 Å². The maximum atomic E-state index is 11.3. The largest absolute Gasteiger partial charge is 0.314 e. The van der Waals surface area contributed by atoms with Gasteiger partial charge in [0.25, 0.3) is 5.56 Å². The van der Waals surface area contributed by atoms with Crippen molar-refractivity contribution >= 4 is 11.8 Å². The minimum Gasteiger partial charge on any atom is -0.314 e. The minimum absolute atomic E-state index is 0.0544. The molecule has 1 aromatic rings. The first-order chi connectivity index (χ1) is 8.17. The summed E-state index contributed by atoms with van der Waals surface area (Å²) in [4.78, 5) is 18.5. The smallest absolute Gasteiger partial charge is 0.251 e. The van der Waals surface area contributed by atoms with Gasteiger partial charge in [0, 0.05) is 23.1 Å². The van der Waals surface area contributed by atoms with E-state index in [0.717, 1.165) is 23.8 Å². The van der Waals surface area contributed by atoms with Crippen LogP contribution in [-0.4, -0.2) is 27.8 Å². The zero-order valence-electron chi connectivity index (χ0n) is 10.3. The Morgan fingerprint density at radius 1 is 1.59 bits per heavy atom. The molecule has 1 aliphatic carbocycles. The minimum atomic E-state index is -0.0544. The molecule has 0 aliphatic heterocycles. The van der Waals surface area contributed by atoms with Crippen molar-refractivity contribution in [3.05, 3.63) is 22.1 Å². The van der Waals surface area contributed by atoms with Crippen molar-refractivity contribution < 1.29 is 0 Å². The lowest BCUT2D eigenvalue weighted by molar-refractivity contribution is 0.543. The summed E-state index contributed by atoms with van der Waals surface area (Å²) < 4.78 is 0. The van der Waals surface area contributed by atoms with Gasteiger partial charge in [-0.15, -0.1) is 0 Å². The highest BCUT2D eigenvalue weighted by atomic mass is 32.2. The second kappa shape index (κ2) is 5.69. The summed E-state index contributed by atoms with van der Waals surface area (Å²) in [5.41, 5.74) is 0.735. The predicted octanol–water partition coefficient (Wildman–Crippen LogP) is 1.70. The summed E-state index contributed by atoms with van der Waals surface area (Å²) in [6.45, 7) is 5.02. The predicted molar refractivity (Wildman–Crippen MR) is 70.6 cm³/mol. The molecule has 0 spiro atoms. The Balaban J connectivity index is 1.95. The third-order valence-corrected chi connectivity index (χ3v) is 4.18. The van der Waals surface area contributed by atoms with Crippen molar-refractivity contribution in [3.63, 3.8) is 0 Å². The average Bonchev–Trinajstić information content (AvgIpc) is 2.64. The third kappa shape index (κ3) is 3.57. The molecule has 0 amide bonds. The van der Waals surface area contributed by atoms with E-state index in [2.05, 4.69) is 22.2 Å². The fraction of sp³-hybridized carbons (Fsp3) is 0.667. The van der Waals surface area contributed by atoms with E-state index in [9.17, 15) is 4.79 Å². The maximum Gasteiger partial charge on any atom is 0.251 e. The van der Waals surface area contributed by atoms with Gasteiger partial charge in [-0.05, 0) is 32.7 Å². The monoisotopic (exact) mass is 253 g/mol. The molecular weight excluding hydrogens is 234 g/mol. The molecule has 5 heteroatoms. The highest BCUT2D eigenvalue weighted by molar-refractivity contribution is 7.99. The summed E-state index contributed by atoms with van der Waals surface area (Å²) in [5.74, 6) is 0. The number of aromatic nitrogens is 2. The lowest BCUT2D eigenvalue weighted by atomic mass is 10.2. The molecule has 1 saturated carbocycles. The molecule has 2 N–H and O–H groups in total. The SMILES string of the molecule is CCNC1CCC(Sc2nc(C)cc(=O)[nH]2)C1. The van der Waals surface area contributed by atoms with Crippen molar-refractivity contribution in [2.75, 3.05) is 6.54 Å². The highest BCUT2D eigenvalue weighted by Crippen LogP contribution is 2.32. The van der Waals surface area contributed by atoms with Gasteiger partial charge in [0.15, 0.2) is 5.16 Å². The Morgan fingerprint density at radius 3 is 3.12 bits per heavy atom. The third-order valence-electron chi connectivity index (χ3n) is 3.00. The molecule has 1 aliphatic rings. The molecule has 2 atom stereocenters. The molecule has 0 saturated heterocycles. The first kappa shape index (κ1) is 12.6. The fourth-order valence-electron chi connectivity index (χ4n) is 2.29. The maximum absolute atomic E-state index is 11.3. The molecule has 94 valence electrons. The topological polar surface area (TPSA) is 57.8 Å². The van der Waals surface area contributed by atoms with E-state index in [-0.39, 0.29) is 5.56 Å². The molecule has 1 aromatic heterocycles. The number of aromatic amines is 1. The van der Waals surface area contributed by atoms with E-state index in [1.54, 1.807) is 11.8 Å². The van der Waals surface area contributed by atoms with E-state index in [1.807, 2.05) is 6.92 Å². The van der Waals surface area contributed by atoms with Crippen LogP contribution < -0.4 is 10.9 Å². The molecule has 2 unspecified atom stereocenters. The number of nitrogens with zero attached hydrogens (tertiary/aromatic N) is 1. The summed E-state index contributed by atoms with van der Waals surface area (Å²) in [7, 11) is 0. The van der Waals surface area contributed by atoms with E-state index in [4.69, 9.17) is 0 Å². The van der Waals surface area contributed by atoms with Crippen molar-refractivity contribution in [2.24, 2.45) is 0 Å². The quantitative estimate of drug-likeness (QED) is 0.802. The number of H-pyrrole nitrogens is 1. The van der Waals surface area contributed by atoms with Crippen LogP contribution in [0.15, 0.2) is 16.0 Å². The van der Waals surface area contributed by atoms with Crippen LogP contribution in [0.5, 0.6) is 0 Å². The highest BCUT2D eigenvalue weighted by Gasteiger charge is 2.25. The van der Waals surface area contributed by atoms with Gasteiger partial charge < -0.3 is 10.3 Å². The zero-order chi connectivity index (χ0) is 12.3. The van der Waals surface area contributed by atoms with Gasteiger partial charge in [0.1, 0.15) is 0 Å². The van der Waals surface area contributed by atoms with Crippen LogP contribution in [0.2, 0.25) is 0 Å². The number of aryl methyl sites for hydroxylation is 1. The summed E-state index contributed by atoms with van der Waals surface area (Å²) >= 11 is 1.70. The normalized spacial score (nSPS) is 24.1. The lowest BCUT2D eigenvalue weighted by Crippen LogP contribution is -2.26. The van der Waals surface area contributed by atoms with E-state index >= 15 is 0 Å². The molecule has 0 aromatic carbocycles. The molecular formula is C12H19N3OS. The zero-order valence-corrected chi connectivity index (χ0v) is 11.1. The first-order valence-corrected chi connectivity index (χ1v) is 7.03.